The molecule has 0 aromatic carbocycles. The number of halogens is 1. The van der Waals surface area contributed by atoms with Gasteiger partial charge in [0, 0.05) is 12.1 Å². The van der Waals surface area contributed by atoms with Gasteiger partial charge in [0.25, 0.3) is 0 Å². The predicted octanol–water partition coefficient (Wildman–Crippen LogP) is 1.66. The first kappa shape index (κ1) is 19.8. The molecule has 0 atom stereocenters. The molecule has 0 spiro atoms. The van der Waals surface area contributed by atoms with Gasteiger partial charge in [0.1, 0.15) is 0 Å². The van der Waals surface area contributed by atoms with Crippen LogP contribution in [0.25, 0.3) is 0 Å². The molecule has 0 saturated carbocycles. The molecule has 0 radical (unpaired) electrons. The molecule has 0 aromatic rings. The average Bonchev–Trinajstić information content (AvgIpc) is 2.12. The fourth-order valence-electron chi connectivity index (χ4n) is 0.526. The lowest BCUT2D eigenvalue weighted by Crippen LogP contribution is -2.22. The first-order valence-corrected chi connectivity index (χ1v) is 4.88. The molecular formula is C12H23ClN2. The van der Waals surface area contributed by atoms with Crippen molar-refractivity contribution in [1.82, 2.24) is 10.6 Å². The maximum Gasteiger partial charge on any atom is 0.0575 e. The second-order valence-electron chi connectivity index (χ2n) is 3.48. The molecule has 0 aromatic heterocycles. The molecule has 0 unspecified atom stereocenters. The monoisotopic (exact) mass is 230 g/mol. The minimum Gasteiger partial charge on any atom is -0.304 e. The van der Waals surface area contributed by atoms with Gasteiger partial charge >= 0.3 is 0 Å². The fourth-order valence-corrected chi connectivity index (χ4v) is 0.526. The maximum absolute atomic E-state index is 4.96. The van der Waals surface area contributed by atoms with Crippen LogP contribution < -0.4 is 10.6 Å². The molecule has 0 saturated heterocycles. The minimum atomic E-state index is 0. The van der Waals surface area contributed by atoms with Crippen LogP contribution >= 0.6 is 12.4 Å². The van der Waals surface area contributed by atoms with Crippen molar-refractivity contribution in [2.75, 3.05) is 13.1 Å². The van der Waals surface area contributed by atoms with Crippen LogP contribution in [0.15, 0.2) is 0 Å². The van der Waals surface area contributed by atoms with E-state index in [1.165, 1.54) is 0 Å². The second-order valence-corrected chi connectivity index (χ2v) is 3.48. The molecule has 0 rings (SSSR count). The Hall–Kier alpha value is -0.670. The number of rotatable bonds is 4. The number of hydrogen-bond acceptors (Lipinski definition) is 2. The number of nitrogens with one attached hydrogen (secondary N) is 2. The van der Waals surface area contributed by atoms with E-state index in [1.807, 2.05) is 0 Å². The van der Waals surface area contributed by atoms with Crippen LogP contribution in [0.1, 0.15) is 27.7 Å². The molecule has 0 heterocycles. The third kappa shape index (κ3) is 31.8. The highest BCUT2D eigenvalue weighted by Crippen LogP contribution is 1.71. The van der Waals surface area contributed by atoms with Gasteiger partial charge in [-0.2, -0.15) is 0 Å². The molecule has 0 aliphatic carbocycles. The van der Waals surface area contributed by atoms with Crippen molar-refractivity contribution in [2.24, 2.45) is 0 Å². The van der Waals surface area contributed by atoms with E-state index in [4.69, 9.17) is 12.8 Å². The van der Waals surface area contributed by atoms with E-state index >= 15 is 0 Å². The van der Waals surface area contributed by atoms with Crippen molar-refractivity contribution in [2.45, 2.75) is 39.8 Å². The largest absolute Gasteiger partial charge is 0.304 e. The first-order valence-electron chi connectivity index (χ1n) is 4.88. The molecule has 2 nitrogen and oxygen atoms in total. The van der Waals surface area contributed by atoms with Crippen LogP contribution in [-0.4, -0.2) is 25.2 Å². The van der Waals surface area contributed by atoms with E-state index < -0.39 is 0 Å². The van der Waals surface area contributed by atoms with Gasteiger partial charge in [-0.1, -0.05) is 11.8 Å². The Morgan fingerprint density at radius 1 is 0.867 bits per heavy atom. The minimum absolute atomic E-state index is 0. The zero-order valence-electron chi connectivity index (χ0n) is 10.1. The molecule has 2 N–H and O–H groups in total. The van der Waals surface area contributed by atoms with E-state index in [2.05, 4.69) is 50.2 Å². The van der Waals surface area contributed by atoms with Crippen molar-refractivity contribution in [3.05, 3.63) is 0 Å². The van der Waals surface area contributed by atoms with Crippen molar-refractivity contribution in [3.63, 3.8) is 0 Å². The van der Waals surface area contributed by atoms with Crippen LogP contribution in [0.3, 0.4) is 0 Å². The molecule has 0 fully saturated rings. The van der Waals surface area contributed by atoms with Gasteiger partial charge in [-0.05, 0) is 27.7 Å². The molecule has 0 aliphatic rings. The van der Waals surface area contributed by atoms with Crippen LogP contribution in [0, 0.1) is 24.7 Å². The molecule has 0 amide bonds. The standard InChI is InChI=1S/2C6H11N.ClH/c2*1-4-5-7-6(2)3;/h2*1,6-7H,5H2,2-3H3;1H. The van der Waals surface area contributed by atoms with Crippen molar-refractivity contribution < 1.29 is 0 Å². The highest BCUT2D eigenvalue weighted by Gasteiger charge is 1.84. The van der Waals surface area contributed by atoms with E-state index in [-0.39, 0.29) is 12.4 Å². The molecule has 88 valence electrons. The van der Waals surface area contributed by atoms with Gasteiger partial charge in [-0.3, -0.25) is 0 Å². The number of hydrogen-bond donors (Lipinski definition) is 2. The normalized spacial score (nSPS) is 8.27. The summed E-state index contributed by atoms with van der Waals surface area (Å²) >= 11 is 0. The SMILES string of the molecule is C#CCNC(C)C.C#CCNC(C)C.Cl. The summed E-state index contributed by atoms with van der Waals surface area (Å²) in [4.78, 5) is 0. The second kappa shape index (κ2) is 15.8. The summed E-state index contributed by atoms with van der Waals surface area (Å²) in [6.45, 7) is 9.62. The quantitative estimate of drug-likeness (QED) is 0.718. The van der Waals surface area contributed by atoms with Crippen molar-refractivity contribution in [3.8, 4) is 24.7 Å². The Bertz CT molecular complexity index is 165. The highest BCUT2D eigenvalue weighted by molar-refractivity contribution is 5.85. The summed E-state index contributed by atoms with van der Waals surface area (Å²) in [5, 5.41) is 6.12. The lowest BCUT2D eigenvalue weighted by atomic mass is 10.4. The zero-order chi connectivity index (χ0) is 11.4. The lowest BCUT2D eigenvalue weighted by Gasteiger charge is -2.00. The fraction of sp³-hybridized carbons (Fsp3) is 0.667. The molecular weight excluding hydrogens is 208 g/mol. The van der Waals surface area contributed by atoms with Crippen molar-refractivity contribution in [1.29, 1.82) is 0 Å². The van der Waals surface area contributed by atoms with Gasteiger partial charge in [-0.25, -0.2) is 0 Å². The summed E-state index contributed by atoms with van der Waals surface area (Å²) in [6, 6.07) is 1.02. The first-order chi connectivity index (χ1) is 6.54. The smallest absolute Gasteiger partial charge is 0.0575 e. The third-order valence-corrected chi connectivity index (χ3v) is 1.22. The topological polar surface area (TPSA) is 24.1 Å². The van der Waals surface area contributed by atoms with E-state index in [1.54, 1.807) is 0 Å². The van der Waals surface area contributed by atoms with Gasteiger partial charge in [0.15, 0.2) is 0 Å². The highest BCUT2D eigenvalue weighted by atomic mass is 35.5. The average molecular weight is 231 g/mol. The van der Waals surface area contributed by atoms with Gasteiger partial charge < -0.3 is 10.6 Å². The Labute approximate surface area is 101 Å². The van der Waals surface area contributed by atoms with Crippen LogP contribution in [0.4, 0.5) is 0 Å². The lowest BCUT2D eigenvalue weighted by molar-refractivity contribution is 0.638. The van der Waals surface area contributed by atoms with Crippen LogP contribution in [-0.2, 0) is 0 Å². The summed E-state index contributed by atoms with van der Waals surface area (Å²) in [5.41, 5.74) is 0. The predicted molar refractivity (Wildman–Crippen MR) is 71.2 cm³/mol. The summed E-state index contributed by atoms with van der Waals surface area (Å²) in [7, 11) is 0. The molecule has 3 heteroatoms. The van der Waals surface area contributed by atoms with E-state index in [0.29, 0.717) is 25.2 Å². The van der Waals surface area contributed by atoms with Gasteiger partial charge in [0.05, 0.1) is 13.1 Å². The summed E-state index contributed by atoms with van der Waals surface area (Å²) in [5.74, 6) is 4.98. The zero-order valence-corrected chi connectivity index (χ0v) is 10.9. The summed E-state index contributed by atoms with van der Waals surface area (Å²) in [6.07, 6.45) is 9.93. The third-order valence-electron chi connectivity index (χ3n) is 1.22. The Kier molecular flexibility index (Phi) is 20.9. The Morgan fingerprint density at radius 2 is 1.13 bits per heavy atom. The maximum atomic E-state index is 4.96. The summed E-state index contributed by atoms with van der Waals surface area (Å²) < 4.78 is 0. The van der Waals surface area contributed by atoms with Gasteiger partial charge in [0.2, 0.25) is 0 Å². The van der Waals surface area contributed by atoms with Gasteiger partial charge in [-0.15, -0.1) is 25.3 Å². The van der Waals surface area contributed by atoms with E-state index in [9.17, 15) is 0 Å². The van der Waals surface area contributed by atoms with Crippen LogP contribution in [0.2, 0.25) is 0 Å². The number of terminal acetylenes is 2. The molecule has 0 bridgehead atoms. The Balaban J connectivity index is -0.000000180. The van der Waals surface area contributed by atoms with Crippen molar-refractivity contribution >= 4 is 12.4 Å². The molecule has 15 heavy (non-hydrogen) atoms. The van der Waals surface area contributed by atoms with Crippen LogP contribution in [0.5, 0.6) is 0 Å². The molecule has 0 aliphatic heterocycles. The Morgan fingerprint density at radius 3 is 1.20 bits per heavy atom. The van der Waals surface area contributed by atoms with E-state index in [0.717, 1.165) is 0 Å².